The van der Waals surface area contributed by atoms with Crippen molar-refractivity contribution in [2.45, 2.75) is 69.8 Å². The molecule has 0 radical (unpaired) electrons. The molecular formula is C16H29FN4O2. The van der Waals surface area contributed by atoms with Crippen LogP contribution in [0.3, 0.4) is 0 Å². The van der Waals surface area contributed by atoms with Gasteiger partial charge in [0.25, 0.3) is 0 Å². The molecule has 132 valence electrons. The lowest BCUT2D eigenvalue weighted by atomic mass is 9.88. The summed E-state index contributed by atoms with van der Waals surface area (Å²) in [7, 11) is 0. The number of hydrazine groups is 1. The minimum atomic E-state index is -0.633. The fourth-order valence-corrected chi connectivity index (χ4v) is 3.82. The molecule has 2 heterocycles. The molecule has 5 unspecified atom stereocenters. The minimum Gasteiger partial charge on any atom is -0.349 e. The van der Waals surface area contributed by atoms with Crippen molar-refractivity contribution >= 4 is 5.91 Å². The molecule has 1 amide bonds. The third-order valence-corrected chi connectivity index (χ3v) is 5.19. The number of carbonyl (C=O) groups excluding carboxylic acids is 1. The largest absolute Gasteiger partial charge is 0.349 e. The zero-order valence-electron chi connectivity index (χ0n) is 13.9. The van der Waals surface area contributed by atoms with Crippen molar-refractivity contribution in [3.63, 3.8) is 0 Å². The predicted molar refractivity (Wildman–Crippen MR) is 85.1 cm³/mol. The van der Waals surface area contributed by atoms with E-state index in [-0.39, 0.29) is 24.1 Å². The summed E-state index contributed by atoms with van der Waals surface area (Å²) in [5, 5.41) is 5.22. The highest BCUT2D eigenvalue weighted by Gasteiger charge is 2.33. The van der Waals surface area contributed by atoms with Crippen LogP contribution in [0.15, 0.2) is 0 Å². The van der Waals surface area contributed by atoms with Gasteiger partial charge in [-0.25, -0.2) is 9.40 Å². The highest BCUT2D eigenvalue weighted by Crippen LogP contribution is 2.27. The van der Waals surface area contributed by atoms with E-state index in [1.165, 1.54) is 0 Å². The average Bonchev–Trinajstić information content (AvgIpc) is 3.16. The monoisotopic (exact) mass is 328 g/mol. The van der Waals surface area contributed by atoms with Crippen molar-refractivity contribution in [2.75, 3.05) is 19.6 Å². The number of hydrogen-bond donors (Lipinski definition) is 3. The van der Waals surface area contributed by atoms with E-state index in [9.17, 15) is 9.18 Å². The second-order valence-corrected chi connectivity index (χ2v) is 7.16. The van der Waals surface area contributed by atoms with E-state index < -0.39 is 6.17 Å². The van der Waals surface area contributed by atoms with E-state index in [1.807, 2.05) is 0 Å². The SMILES string of the molecule is CCC1CC(C(=O)NC2CNN(CC3CCCC(F)C3)C2)NO1. The molecule has 1 aliphatic carbocycles. The fraction of sp³-hybridized carbons (Fsp3) is 0.938. The number of hydrogen-bond acceptors (Lipinski definition) is 5. The Morgan fingerprint density at radius 2 is 2.26 bits per heavy atom. The standard InChI is InChI=1S/C16H29FN4O2/c1-2-14-7-15(20-23-14)16(22)19-13-8-18-21(10-13)9-11-4-3-5-12(17)6-11/h11-15,18,20H,2-10H2,1H3,(H,19,22). The summed E-state index contributed by atoms with van der Waals surface area (Å²) < 4.78 is 13.5. The van der Waals surface area contributed by atoms with Crippen molar-refractivity contribution in [1.29, 1.82) is 0 Å². The lowest BCUT2D eigenvalue weighted by Gasteiger charge is -2.28. The van der Waals surface area contributed by atoms with Crippen molar-refractivity contribution in [2.24, 2.45) is 5.92 Å². The molecule has 1 saturated carbocycles. The molecule has 0 bridgehead atoms. The molecular weight excluding hydrogens is 299 g/mol. The molecule has 2 aliphatic heterocycles. The van der Waals surface area contributed by atoms with E-state index in [4.69, 9.17) is 4.84 Å². The van der Waals surface area contributed by atoms with Crippen LogP contribution >= 0.6 is 0 Å². The van der Waals surface area contributed by atoms with Crippen molar-refractivity contribution in [3.8, 4) is 0 Å². The second kappa shape index (κ2) is 7.88. The van der Waals surface area contributed by atoms with Gasteiger partial charge in [-0.1, -0.05) is 13.3 Å². The Balaban J connectivity index is 1.38. The van der Waals surface area contributed by atoms with Crippen LogP contribution in [0.1, 0.15) is 45.4 Å². The molecule has 6 nitrogen and oxygen atoms in total. The Kier molecular flexibility index (Phi) is 5.85. The quantitative estimate of drug-likeness (QED) is 0.700. The maximum atomic E-state index is 13.5. The summed E-state index contributed by atoms with van der Waals surface area (Å²) in [5.74, 6) is 0.437. The van der Waals surface area contributed by atoms with Crippen LogP contribution in [0.25, 0.3) is 0 Å². The number of carbonyl (C=O) groups is 1. The lowest BCUT2D eigenvalue weighted by molar-refractivity contribution is -0.124. The van der Waals surface area contributed by atoms with Gasteiger partial charge in [0.05, 0.1) is 12.1 Å². The summed E-state index contributed by atoms with van der Waals surface area (Å²) in [6.45, 7) is 4.44. The predicted octanol–water partition coefficient (Wildman–Crippen LogP) is 0.892. The highest BCUT2D eigenvalue weighted by atomic mass is 19.1. The van der Waals surface area contributed by atoms with E-state index >= 15 is 0 Å². The van der Waals surface area contributed by atoms with Crippen LogP contribution in [0.5, 0.6) is 0 Å². The van der Waals surface area contributed by atoms with Crippen molar-refractivity contribution < 1.29 is 14.0 Å². The Hall–Kier alpha value is -0.760. The molecule has 0 aromatic heterocycles. The van der Waals surface area contributed by atoms with Gasteiger partial charge in [-0.2, -0.15) is 5.48 Å². The molecule has 0 aromatic carbocycles. The topological polar surface area (TPSA) is 65.6 Å². The van der Waals surface area contributed by atoms with Gasteiger partial charge in [-0.3, -0.25) is 15.1 Å². The van der Waals surface area contributed by atoms with E-state index in [0.29, 0.717) is 12.3 Å². The minimum absolute atomic E-state index is 0.0103. The van der Waals surface area contributed by atoms with Crippen LogP contribution in [0.2, 0.25) is 0 Å². The third-order valence-electron chi connectivity index (χ3n) is 5.19. The van der Waals surface area contributed by atoms with E-state index in [0.717, 1.165) is 51.7 Å². The molecule has 3 N–H and O–H groups in total. The number of rotatable bonds is 5. The number of amides is 1. The molecule has 0 aromatic rings. The van der Waals surface area contributed by atoms with Gasteiger partial charge in [0.2, 0.25) is 5.91 Å². The van der Waals surface area contributed by atoms with Crippen LogP contribution in [0.4, 0.5) is 4.39 Å². The van der Waals surface area contributed by atoms with Crippen LogP contribution in [-0.4, -0.2) is 54.9 Å². The Labute approximate surface area is 137 Å². The first-order valence-corrected chi connectivity index (χ1v) is 8.98. The Morgan fingerprint density at radius 3 is 3.00 bits per heavy atom. The van der Waals surface area contributed by atoms with E-state index in [1.54, 1.807) is 0 Å². The fourth-order valence-electron chi connectivity index (χ4n) is 3.82. The molecule has 23 heavy (non-hydrogen) atoms. The molecule has 3 rings (SSSR count). The maximum absolute atomic E-state index is 13.5. The average molecular weight is 328 g/mol. The van der Waals surface area contributed by atoms with Gasteiger partial charge in [0.15, 0.2) is 0 Å². The number of hydroxylamine groups is 1. The summed E-state index contributed by atoms with van der Waals surface area (Å²) in [4.78, 5) is 17.6. The first kappa shape index (κ1) is 17.1. The summed E-state index contributed by atoms with van der Waals surface area (Å²) in [6, 6.07) is -0.144. The van der Waals surface area contributed by atoms with E-state index in [2.05, 4.69) is 28.2 Å². The normalized spacial score (nSPS) is 38.8. The number of halogens is 1. The van der Waals surface area contributed by atoms with Crippen molar-refractivity contribution in [3.05, 3.63) is 0 Å². The van der Waals surface area contributed by atoms with Gasteiger partial charge in [0, 0.05) is 26.1 Å². The van der Waals surface area contributed by atoms with Crippen LogP contribution in [0, 0.1) is 5.92 Å². The summed E-state index contributed by atoms with van der Waals surface area (Å²) in [5.41, 5.74) is 6.15. The molecule has 0 spiro atoms. The first-order chi connectivity index (χ1) is 11.1. The molecule has 2 saturated heterocycles. The number of nitrogens with one attached hydrogen (secondary N) is 3. The summed E-state index contributed by atoms with van der Waals surface area (Å²) in [6.07, 6.45) is 4.63. The third kappa shape index (κ3) is 4.62. The van der Waals surface area contributed by atoms with Crippen LogP contribution in [-0.2, 0) is 9.63 Å². The zero-order valence-corrected chi connectivity index (χ0v) is 13.9. The van der Waals surface area contributed by atoms with Gasteiger partial charge in [0.1, 0.15) is 12.2 Å². The molecule has 3 fully saturated rings. The second-order valence-electron chi connectivity index (χ2n) is 7.16. The van der Waals surface area contributed by atoms with Crippen LogP contribution < -0.4 is 16.2 Å². The Bertz CT molecular complexity index is 412. The van der Waals surface area contributed by atoms with Gasteiger partial charge in [-0.05, 0) is 31.6 Å². The van der Waals surface area contributed by atoms with Gasteiger partial charge >= 0.3 is 0 Å². The Morgan fingerprint density at radius 1 is 1.39 bits per heavy atom. The van der Waals surface area contributed by atoms with Gasteiger partial charge < -0.3 is 5.32 Å². The molecule has 3 aliphatic rings. The smallest absolute Gasteiger partial charge is 0.239 e. The number of nitrogens with zero attached hydrogens (tertiary/aromatic N) is 1. The summed E-state index contributed by atoms with van der Waals surface area (Å²) >= 11 is 0. The lowest BCUT2D eigenvalue weighted by Crippen LogP contribution is -2.47. The number of alkyl halides is 1. The highest BCUT2D eigenvalue weighted by molar-refractivity contribution is 5.82. The molecule has 5 atom stereocenters. The van der Waals surface area contributed by atoms with Gasteiger partial charge in [-0.15, -0.1) is 0 Å². The maximum Gasteiger partial charge on any atom is 0.239 e. The molecule has 7 heteroatoms. The van der Waals surface area contributed by atoms with Crippen molar-refractivity contribution in [1.82, 2.24) is 21.2 Å². The first-order valence-electron chi connectivity index (χ1n) is 8.98. The zero-order chi connectivity index (χ0) is 16.2.